The first kappa shape index (κ1) is 13.4. The van der Waals surface area contributed by atoms with E-state index in [9.17, 15) is 0 Å². The van der Waals surface area contributed by atoms with Crippen LogP contribution in [0.4, 0.5) is 5.69 Å². The van der Waals surface area contributed by atoms with Crippen molar-refractivity contribution in [2.24, 2.45) is 0 Å². The summed E-state index contributed by atoms with van der Waals surface area (Å²) in [4.78, 5) is 2.45. The lowest BCUT2D eigenvalue weighted by Gasteiger charge is -2.38. The molecular weight excluding hydrogens is 290 g/mol. The van der Waals surface area contributed by atoms with Crippen LogP contribution in [0.15, 0.2) is 22.7 Å². The average molecular weight is 308 g/mol. The average Bonchev–Trinajstić information content (AvgIpc) is 2.40. The molecule has 18 heavy (non-hydrogen) atoms. The molecule has 1 fully saturated rings. The number of hydrogen-bond acceptors (Lipinski definition) is 3. The molecule has 0 spiro atoms. The van der Waals surface area contributed by atoms with Gasteiger partial charge in [0.15, 0.2) is 0 Å². The third-order valence-corrected chi connectivity index (χ3v) is 4.09. The maximum absolute atomic E-state index is 8.91. The number of anilines is 1. The summed E-state index contributed by atoms with van der Waals surface area (Å²) < 4.78 is 1.02. The van der Waals surface area contributed by atoms with Gasteiger partial charge in [0.25, 0.3) is 0 Å². The maximum Gasteiger partial charge on any atom is 0.0992 e. The highest BCUT2D eigenvalue weighted by Gasteiger charge is 2.23. The van der Waals surface area contributed by atoms with Crippen molar-refractivity contribution in [1.29, 1.82) is 5.26 Å². The molecule has 1 aliphatic rings. The lowest BCUT2D eigenvalue weighted by atomic mass is 10.0. The molecule has 1 aliphatic heterocycles. The van der Waals surface area contributed by atoms with Gasteiger partial charge < -0.3 is 10.2 Å². The van der Waals surface area contributed by atoms with Gasteiger partial charge in [0.1, 0.15) is 0 Å². The second-order valence-electron chi connectivity index (χ2n) is 4.68. The number of benzene rings is 1. The quantitative estimate of drug-likeness (QED) is 0.933. The Hall–Kier alpha value is -1.05. The molecule has 1 atom stereocenters. The van der Waals surface area contributed by atoms with Crippen molar-refractivity contribution in [3.05, 3.63) is 28.2 Å². The summed E-state index contributed by atoms with van der Waals surface area (Å²) in [5.41, 5.74) is 1.90. The van der Waals surface area contributed by atoms with Crippen LogP contribution in [0, 0.1) is 11.3 Å². The van der Waals surface area contributed by atoms with Crippen LogP contribution in [0.5, 0.6) is 0 Å². The molecule has 1 N–H and O–H groups in total. The highest BCUT2D eigenvalue weighted by molar-refractivity contribution is 9.10. The fourth-order valence-corrected chi connectivity index (χ4v) is 3.18. The Morgan fingerprint density at radius 1 is 1.50 bits per heavy atom. The molecular formula is C14H18BrN3. The molecule has 0 bridgehead atoms. The highest BCUT2D eigenvalue weighted by Crippen LogP contribution is 2.31. The summed E-state index contributed by atoms with van der Waals surface area (Å²) in [6.07, 6.45) is 3.77. The van der Waals surface area contributed by atoms with E-state index < -0.39 is 0 Å². The van der Waals surface area contributed by atoms with Gasteiger partial charge in [0.2, 0.25) is 0 Å². The molecule has 4 heteroatoms. The lowest BCUT2D eigenvalue weighted by molar-refractivity contribution is 0.446. The van der Waals surface area contributed by atoms with Crippen LogP contribution in [0.2, 0.25) is 0 Å². The van der Waals surface area contributed by atoms with Gasteiger partial charge in [-0.05, 0) is 60.4 Å². The number of likely N-dealkylation sites (N-methyl/N-ethyl adjacent to an activating group) is 1. The molecule has 3 nitrogen and oxygen atoms in total. The second-order valence-corrected chi connectivity index (χ2v) is 5.53. The summed E-state index contributed by atoms with van der Waals surface area (Å²) in [7, 11) is 2.00. The van der Waals surface area contributed by atoms with Crippen LogP contribution in [0.25, 0.3) is 0 Å². The normalized spacial score (nSPS) is 19.6. The fourth-order valence-electron chi connectivity index (χ4n) is 2.57. The fraction of sp³-hybridized carbons (Fsp3) is 0.500. The van der Waals surface area contributed by atoms with Gasteiger partial charge in [0.05, 0.1) is 17.3 Å². The molecule has 1 aromatic carbocycles. The van der Waals surface area contributed by atoms with Gasteiger partial charge in [-0.2, -0.15) is 5.26 Å². The second kappa shape index (κ2) is 6.21. The number of piperidine rings is 1. The zero-order chi connectivity index (χ0) is 13.0. The van der Waals surface area contributed by atoms with Crippen LogP contribution in [0.1, 0.15) is 24.8 Å². The van der Waals surface area contributed by atoms with Gasteiger partial charge in [-0.25, -0.2) is 0 Å². The van der Waals surface area contributed by atoms with Crippen molar-refractivity contribution >= 4 is 21.6 Å². The number of rotatable bonds is 3. The van der Waals surface area contributed by atoms with E-state index in [0.29, 0.717) is 11.6 Å². The largest absolute Gasteiger partial charge is 0.366 e. The summed E-state index contributed by atoms with van der Waals surface area (Å²) in [5, 5.41) is 12.2. The molecule has 1 unspecified atom stereocenters. The topological polar surface area (TPSA) is 39.1 Å². The number of hydrogen-bond donors (Lipinski definition) is 1. The van der Waals surface area contributed by atoms with Gasteiger partial charge in [-0.1, -0.05) is 0 Å². The molecule has 0 amide bonds. The first-order valence-electron chi connectivity index (χ1n) is 6.37. The minimum absolute atomic E-state index is 0.549. The molecule has 0 radical (unpaired) electrons. The van der Waals surface area contributed by atoms with E-state index in [0.717, 1.165) is 17.6 Å². The SMILES string of the molecule is CNCC1CCCCN1c1ccc(C#N)cc1Br. The van der Waals surface area contributed by atoms with Crippen molar-refractivity contribution in [2.75, 3.05) is 25.0 Å². The summed E-state index contributed by atoms with van der Waals surface area (Å²) >= 11 is 3.59. The van der Waals surface area contributed by atoms with Crippen LogP contribution < -0.4 is 10.2 Å². The van der Waals surface area contributed by atoms with Gasteiger partial charge >= 0.3 is 0 Å². The Labute approximate surface area is 117 Å². The van der Waals surface area contributed by atoms with Crippen molar-refractivity contribution < 1.29 is 0 Å². The molecule has 2 rings (SSSR count). The Kier molecular flexibility index (Phi) is 4.62. The van der Waals surface area contributed by atoms with Gasteiger partial charge in [-0.3, -0.25) is 0 Å². The van der Waals surface area contributed by atoms with Crippen LogP contribution in [-0.2, 0) is 0 Å². The van der Waals surface area contributed by atoms with Crippen LogP contribution in [-0.4, -0.2) is 26.2 Å². The predicted molar refractivity (Wildman–Crippen MR) is 77.8 cm³/mol. The molecule has 0 saturated carbocycles. The van der Waals surface area contributed by atoms with E-state index >= 15 is 0 Å². The lowest BCUT2D eigenvalue weighted by Crippen LogP contribution is -2.45. The smallest absolute Gasteiger partial charge is 0.0992 e. The number of nitriles is 1. The Balaban J connectivity index is 2.25. The summed E-state index contributed by atoms with van der Waals surface area (Å²) in [6.45, 7) is 2.10. The van der Waals surface area contributed by atoms with Crippen molar-refractivity contribution in [3.8, 4) is 6.07 Å². The number of halogens is 1. The minimum atomic E-state index is 0.549. The maximum atomic E-state index is 8.91. The zero-order valence-electron chi connectivity index (χ0n) is 10.6. The van der Waals surface area contributed by atoms with E-state index in [1.807, 2.05) is 19.2 Å². The summed E-state index contributed by atoms with van der Waals surface area (Å²) in [6, 6.07) is 8.57. The molecule has 1 heterocycles. The monoisotopic (exact) mass is 307 g/mol. The Morgan fingerprint density at radius 2 is 2.33 bits per heavy atom. The third-order valence-electron chi connectivity index (χ3n) is 3.45. The number of nitrogens with one attached hydrogen (secondary N) is 1. The molecule has 1 aromatic rings. The number of nitrogens with zero attached hydrogens (tertiary/aromatic N) is 2. The standard InChI is InChI=1S/C14H18BrN3/c1-17-10-12-4-2-3-7-18(12)14-6-5-11(9-16)8-13(14)15/h5-6,8,12,17H,2-4,7,10H2,1H3. The van der Waals surface area contributed by atoms with Crippen LogP contribution >= 0.6 is 15.9 Å². The van der Waals surface area contributed by atoms with Crippen molar-refractivity contribution in [2.45, 2.75) is 25.3 Å². The third kappa shape index (κ3) is 2.85. The van der Waals surface area contributed by atoms with Gasteiger partial charge in [-0.15, -0.1) is 0 Å². The Bertz CT molecular complexity index is 451. The van der Waals surface area contributed by atoms with E-state index in [2.05, 4.69) is 38.3 Å². The van der Waals surface area contributed by atoms with E-state index in [1.54, 1.807) is 0 Å². The zero-order valence-corrected chi connectivity index (χ0v) is 12.2. The molecule has 96 valence electrons. The molecule has 0 aliphatic carbocycles. The van der Waals surface area contributed by atoms with Crippen molar-refractivity contribution in [3.63, 3.8) is 0 Å². The summed E-state index contributed by atoms with van der Waals surface area (Å²) in [5.74, 6) is 0. The Morgan fingerprint density at radius 3 is 3.00 bits per heavy atom. The van der Waals surface area contributed by atoms with E-state index in [-0.39, 0.29) is 0 Å². The highest BCUT2D eigenvalue weighted by atomic mass is 79.9. The first-order chi connectivity index (χ1) is 8.76. The first-order valence-corrected chi connectivity index (χ1v) is 7.16. The van der Waals surface area contributed by atoms with Gasteiger partial charge in [0, 0.05) is 23.6 Å². The van der Waals surface area contributed by atoms with E-state index in [1.165, 1.54) is 24.9 Å². The molecule has 0 aromatic heterocycles. The molecule has 1 saturated heterocycles. The predicted octanol–water partition coefficient (Wildman–Crippen LogP) is 2.90. The van der Waals surface area contributed by atoms with E-state index in [4.69, 9.17) is 5.26 Å². The van der Waals surface area contributed by atoms with Crippen molar-refractivity contribution in [1.82, 2.24) is 5.32 Å². The van der Waals surface area contributed by atoms with Crippen LogP contribution in [0.3, 0.4) is 0 Å². The minimum Gasteiger partial charge on any atom is -0.366 e.